The lowest BCUT2D eigenvalue weighted by Crippen LogP contribution is -2.53. The molecule has 0 aromatic rings. The van der Waals surface area contributed by atoms with Gasteiger partial charge in [-0.05, 0) is 25.8 Å². The molecule has 2 N–H and O–H groups in total. The molecule has 17 heavy (non-hydrogen) atoms. The van der Waals surface area contributed by atoms with Gasteiger partial charge < -0.3 is 10.4 Å². The first kappa shape index (κ1) is 13.7. The Balaban J connectivity index is 2.65. The summed E-state index contributed by atoms with van der Waals surface area (Å²) < 4.78 is 0. The van der Waals surface area contributed by atoms with E-state index in [4.69, 9.17) is 0 Å². The molecule has 0 aromatic heterocycles. The van der Waals surface area contributed by atoms with Crippen molar-refractivity contribution in [2.75, 3.05) is 19.6 Å². The summed E-state index contributed by atoms with van der Waals surface area (Å²) in [4.78, 5) is 24.7. The number of carboxylic acid groups (broad SMARTS) is 1. The van der Waals surface area contributed by atoms with Gasteiger partial charge in [0.05, 0.1) is 6.54 Å². The van der Waals surface area contributed by atoms with Crippen LogP contribution < -0.4 is 5.32 Å². The van der Waals surface area contributed by atoms with Gasteiger partial charge in [-0.15, -0.1) is 6.58 Å². The Kier molecular flexibility index (Phi) is 4.69. The summed E-state index contributed by atoms with van der Waals surface area (Å²) in [7, 11) is 0. The van der Waals surface area contributed by atoms with Crippen molar-refractivity contribution in [3.63, 3.8) is 0 Å². The molecule has 96 valence electrons. The summed E-state index contributed by atoms with van der Waals surface area (Å²) >= 11 is 0. The van der Waals surface area contributed by atoms with E-state index in [-0.39, 0.29) is 12.5 Å². The van der Waals surface area contributed by atoms with Crippen LogP contribution in [0.25, 0.3) is 0 Å². The molecule has 1 fully saturated rings. The van der Waals surface area contributed by atoms with Crippen LogP contribution in [0.3, 0.4) is 0 Å². The lowest BCUT2D eigenvalue weighted by molar-refractivity contribution is -0.150. The van der Waals surface area contributed by atoms with Crippen molar-refractivity contribution in [3.8, 4) is 0 Å². The van der Waals surface area contributed by atoms with Crippen LogP contribution in [-0.4, -0.2) is 47.1 Å². The van der Waals surface area contributed by atoms with E-state index in [0.29, 0.717) is 25.9 Å². The minimum Gasteiger partial charge on any atom is -0.480 e. The summed E-state index contributed by atoms with van der Waals surface area (Å²) in [5, 5.41) is 12.0. The van der Waals surface area contributed by atoms with Gasteiger partial charge in [0.1, 0.15) is 5.54 Å². The number of hydrogen-bond acceptors (Lipinski definition) is 3. The van der Waals surface area contributed by atoms with Gasteiger partial charge in [0.15, 0.2) is 0 Å². The third-order valence-electron chi connectivity index (χ3n) is 3.38. The zero-order valence-corrected chi connectivity index (χ0v) is 10.2. The number of aliphatic carboxylic acids is 1. The van der Waals surface area contributed by atoms with E-state index in [1.807, 2.05) is 6.92 Å². The molecule has 5 heteroatoms. The predicted molar refractivity (Wildman–Crippen MR) is 64.7 cm³/mol. The standard InChI is InChI=1S/C12H20N2O3/c1-3-7-13-10(15)9-14-8-5-6-12(14,4-2)11(16)17/h3H,1,4-9H2,2H3,(H,13,15)(H,16,17). The van der Waals surface area contributed by atoms with Gasteiger partial charge in [-0.1, -0.05) is 13.0 Å². The molecule has 1 heterocycles. The normalized spacial score (nSPS) is 24.5. The quantitative estimate of drug-likeness (QED) is 0.668. The highest BCUT2D eigenvalue weighted by Crippen LogP contribution is 2.32. The molecule has 1 rings (SSSR count). The highest BCUT2D eigenvalue weighted by molar-refractivity contribution is 5.82. The Morgan fingerprint density at radius 1 is 1.59 bits per heavy atom. The van der Waals surface area contributed by atoms with Crippen molar-refractivity contribution in [3.05, 3.63) is 12.7 Å². The average Bonchev–Trinajstić information content (AvgIpc) is 2.70. The highest BCUT2D eigenvalue weighted by atomic mass is 16.4. The van der Waals surface area contributed by atoms with Crippen molar-refractivity contribution in [1.82, 2.24) is 10.2 Å². The minimum atomic E-state index is -0.856. The Morgan fingerprint density at radius 2 is 2.29 bits per heavy atom. The number of hydrogen-bond donors (Lipinski definition) is 2. The second kappa shape index (κ2) is 5.82. The van der Waals surface area contributed by atoms with Crippen molar-refractivity contribution in [1.29, 1.82) is 0 Å². The second-order valence-electron chi connectivity index (χ2n) is 4.31. The number of amides is 1. The van der Waals surface area contributed by atoms with Crippen LogP contribution in [0, 0.1) is 0 Å². The summed E-state index contributed by atoms with van der Waals surface area (Å²) in [5.41, 5.74) is -0.856. The van der Waals surface area contributed by atoms with Crippen molar-refractivity contribution in [2.45, 2.75) is 31.7 Å². The van der Waals surface area contributed by atoms with E-state index in [0.717, 1.165) is 6.42 Å². The fraction of sp³-hybridized carbons (Fsp3) is 0.667. The third-order valence-corrected chi connectivity index (χ3v) is 3.38. The number of nitrogens with zero attached hydrogens (tertiary/aromatic N) is 1. The van der Waals surface area contributed by atoms with Gasteiger partial charge in [-0.2, -0.15) is 0 Å². The van der Waals surface area contributed by atoms with Crippen molar-refractivity contribution >= 4 is 11.9 Å². The number of carbonyl (C=O) groups is 2. The van der Waals surface area contributed by atoms with E-state index in [1.54, 1.807) is 11.0 Å². The van der Waals surface area contributed by atoms with E-state index >= 15 is 0 Å². The Morgan fingerprint density at radius 3 is 2.82 bits per heavy atom. The Bertz CT molecular complexity index is 317. The summed E-state index contributed by atoms with van der Waals surface area (Å²) in [6, 6.07) is 0. The van der Waals surface area contributed by atoms with Gasteiger partial charge >= 0.3 is 5.97 Å². The third kappa shape index (κ3) is 2.85. The Hall–Kier alpha value is -1.36. The maximum atomic E-state index is 11.6. The summed E-state index contributed by atoms with van der Waals surface area (Å²) in [5.74, 6) is -0.972. The largest absolute Gasteiger partial charge is 0.480 e. The topological polar surface area (TPSA) is 69.6 Å². The molecule has 0 aliphatic carbocycles. The molecular weight excluding hydrogens is 220 g/mol. The smallest absolute Gasteiger partial charge is 0.324 e. The molecule has 0 spiro atoms. The van der Waals surface area contributed by atoms with Crippen LogP contribution in [0.2, 0.25) is 0 Å². The number of carboxylic acids is 1. The zero-order chi connectivity index (χ0) is 12.9. The predicted octanol–water partition coefficient (Wildman–Crippen LogP) is 0.618. The number of rotatable bonds is 6. The van der Waals surface area contributed by atoms with Crippen LogP contribution in [0.1, 0.15) is 26.2 Å². The second-order valence-corrected chi connectivity index (χ2v) is 4.31. The molecule has 1 atom stereocenters. The molecule has 1 aliphatic rings. The molecule has 1 amide bonds. The highest BCUT2D eigenvalue weighted by Gasteiger charge is 2.46. The zero-order valence-electron chi connectivity index (χ0n) is 10.2. The van der Waals surface area contributed by atoms with Gasteiger partial charge in [-0.3, -0.25) is 14.5 Å². The van der Waals surface area contributed by atoms with Crippen LogP contribution in [-0.2, 0) is 9.59 Å². The molecular formula is C12H20N2O3. The van der Waals surface area contributed by atoms with Gasteiger partial charge in [-0.25, -0.2) is 0 Å². The van der Waals surface area contributed by atoms with Crippen LogP contribution in [0.5, 0.6) is 0 Å². The Labute approximate surface area is 101 Å². The molecule has 0 aromatic carbocycles. The fourth-order valence-electron chi connectivity index (χ4n) is 2.37. The molecule has 5 nitrogen and oxygen atoms in total. The molecule has 0 radical (unpaired) electrons. The first-order chi connectivity index (χ1) is 8.06. The van der Waals surface area contributed by atoms with E-state index in [9.17, 15) is 14.7 Å². The average molecular weight is 240 g/mol. The number of likely N-dealkylation sites (tertiary alicyclic amines) is 1. The summed E-state index contributed by atoms with van der Waals surface area (Å²) in [6.07, 6.45) is 3.58. The van der Waals surface area contributed by atoms with Crippen LogP contribution in [0.15, 0.2) is 12.7 Å². The molecule has 0 bridgehead atoms. The van der Waals surface area contributed by atoms with E-state index in [1.165, 1.54) is 0 Å². The first-order valence-electron chi connectivity index (χ1n) is 5.93. The van der Waals surface area contributed by atoms with E-state index < -0.39 is 11.5 Å². The fourth-order valence-corrected chi connectivity index (χ4v) is 2.37. The minimum absolute atomic E-state index is 0.147. The molecule has 0 saturated carbocycles. The van der Waals surface area contributed by atoms with Crippen LogP contribution in [0.4, 0.5) is 0 Å². The lowest BCUT2D eigenvalue weighted by Gasteiger charge is -2.33. The first-order valence-corrected chi connectivity index (χ1v) is 5.93. The van der Waals surface area contributed by atoms with Gasteiger partial charge in [0.2, 0.25) is 5.91 Å². The molecule has 1 saturated heterocycles. The SMILES string of the molecule is C=CCNC(=O)CN1CCCC1(CC)C(=O)O. The van der Waals surface area contributed by atoms with Crippen LogP contribution >= 0.6 is 0 Å². The molecule has 1 aliphatic heterocycles. The maximum absolute atomic E-state index is 11.6. The number of carbonyl (C=O) groups excluding carboxylic acids is 1. The summed E-state index contributed by atoms with van der Waals surface area (Å²) in [6.45, 7) is 6.60. The van der Waals surface area contributed by atoms with Crippen molar-refractivity contribution in [2.24, 2.45) is 0 Å². The van der Waals surface area contributed by atoms with Gasteiger partial charge in [0, 0.05) is 6.54 Å². The monoisotopic (exact) mass is 240 g/mol. The lowest BCUT2D eigenvalue weighted by atomic mass is 9.93. The molecule has 1 unspecified atom stereocenters. The van der Waals surface area contributed by atoms with E-state index in [2.05, 4.69) is 11.9 Å². The van der Waals surface area contributed by atoms with Gasteiger partial charge in [0.25, 0.3) is 0 Å². The number of nitrogens with one attached hydrogen (secondary N) is 1. The van der Waals surface area contributed by atoms with Crippen molar-refractivity contribution < 1.29 is 14.7 Å². The maximum Gasteiger partial charge on any atom is 0.324 e.